The van der Waals surface area contributed by atoms with E-state index in [-0.39, 0.29) is 5.41 Å². The lowest BCUT2D eigenvalue weighted by molar-refractivity contribution is 0.0531. The van der Waals surface area contributed by atoms with E-state index in [0.29, 0.717) is 0 Å². The number of para-hydroxylation sites is 1. The maximum absolute atomic E-state index is 9.22. The number of aromatic nitrogens is 2. The second-order valence-corrected chi connectivity index (χ2v) is 6.97. The minimum atomic E-state index is -0.206. The maximum Gasteiger partial charge on any atom is 0.0972 e. The highest BCUT2D eigenvalue weighted by Gasteiger charge is 2.39. The molecule has 1 aliphatic rings. The second kappa shape index (κ2) is 6.19. The van der Waals surface area contributed by atoms with Gasteiger partial charge >= 0.3 is 0 Å². The minimum absolute atomic E-state index is 0.206. The molecule has 1 saturated heterocycles. The highest BCUT2D eigenvalue weighted by atomic mass is 15.3. The van der Waals surface area contributed by atoms with Crippen LogP contribution in [0, 0.1) is 16.7 Å². The Morgan fingerprint density at radius 1 is 1.04 bits per heavy atom. The Morgan fingerprint density at radius 3 is 2.32 bits per heavy atom. The first kappa shape index (κ1) is 15.6. The number of nitrogens with zero attached hydrogens (tertiary/aromatic N) is 4. The molecule has 0 saturated carbocycles. The van der Waals surface area contributed by atoms with Crippen LogP contribution >= 0.6 is 0 Å². The van der Waals surface area contributed by atoms with E-state index < -0.39 is 0 Å². The molecular weight excluding hydrogens is 308 g/mol. The van der Waals surface area contributed by atoms with E-state index in [1.165, 1.54) is 5.56 Å². The smallest absolute Gasteiger partial charge is 0.0972 e. The third-order valence-corrected chi connectivity index (χ3v) is 4.67. The van der Waals surface area contributed by atoms with E-state index in [9.17, 15) is 5.26 Å². The molecule has 4 heteroatoms. The van der Waals surface area contributed by atoms with Gasteiger partial charge in [-0.3, -0.25) is 4.90 Å². The predicted molar refractivity (Wildman–Crippen MR) is 98.0 cm³/mol. The van der Waals surface area contributed by atoms with E-state index >= 15 is 0 Å². The zero-order valence-corrected chi connectivity index (χ0v) is 14.3. The minimum Gasteiger partial charge on any atom is -0.296 e. The van der Waals surface area contributed by atoms with Gasteiger partial charge in [-0.1, -0.05) is 48.5 Å². The Kier molecular flexibility index (Phi) is 3.87. The Balaban J connectivity index is 1.67. The van der Waals surface area contributed by atoms with Crippen molar-refractivity contribution in [3.05, 3.63) is 72.4 Å². The monoisotopic (exact) mass is 328 g/mol. The summed E-state index contributed by atoms with van der Waals surface area (Å²) >= 11 is 0. The number of benzene rings is 2. The van der Waals surface area contributed by atoms with Crippen LogP contribution in [0.2, 0.25) is 0 Å². The van der Waals surface area contributed by atoms with Crippen LogP contribution in [0.4, 0.5) is 0 Å². The number of nitriles is 1. The lowest BCUT2D eigenvalue weighted by atomic mass is 9.83. The molecule has 0 amide bonds. The predicted octanol–water partition coefficient (Wildman–Crippen LogP) is 3.88. The highest BCUT2D eigenvalue weighted by Crippen LogP contribution is 2.32. The second-order valence-electron chi connectivity index (χ2n) is 6.97. The fourth-order valence-electron chi connectivity index (χ4n) is 3.44. The van der Waals surface area contributed by atoms with Crippen molar-refractivity contribution in [2.45, 2.75) is 13.5 Å². The third kappa shape index (κ3) is 3.07. The summed E-state index contributed by atoms with van der Waals surface area (Å²) in [6, 6.07) is 22.9. The van der Waals surface area contributed by atoms with E-state index in [2.05, 4.69) is 41.4 Å². The molecule has 3 aromatic rings. The lowest BCUT2D eigenvalue weighted by Gasteiger charge is -2.43. The molecule has 4 rings (SSSR count). The summed E-state index contributed by atoms with van der Waals surface area (Å²) in [6.45, 7) is 4.46. The zero-order valence-electron chi connectivity index (χ0n) is 14.3. The van der Waals surface area contributed by atoms with Gasteiger partial charge in [0.2, 0.25) is 0 Å². The van der Waals surface area contributed by atoms with Crippen LogP contribution in [0.5, 0.6) is 0 Å². The molecule has 124 valence electrons. The van der Waals surface area contributed by atoms with Gasteiger partial charge < -0.3 is 0 Å². The largest absolute Gasteiger partial charge is 0.296 e. The van der Waals surface area contributed by atoms with Crippen LogP contribution in [-0.2, 0) is 6.54 Å². The molecular formula is C21H20N4. The van der Waals surface area contributed by atoms with Gasteiger partial charge in [-0.2, -0.15) is 10.4 Å². The van der Waals surface area contributed by atoms with E-state index in [4.69, 9.17) is 5.10 Å². The molecule has 2 aromatic carbocycles. The fourth-order valence-corrected chi connectivity index (χ4v) is 3.44. The van der Waals surface area contributed by atoms with E-state index in [0.717, 1.165) is 36.6 Å². The first-order valence-electron chi connectivity index (χ1n) is 8.50. The quantitative estimate of drug-likeness (QED) is 0.730. The highest BCUT2D eigenvalue weighted by molar-refractivity contribution is 5.63. The van der Waals surface area contributed by atoms with Gasteiger partial charge in [-0.25, -0.2) is 4.68 Å². The molecule has 4 nitrogen and oxygen atoms in total. The molecule has 0 spiro atoms. The average molecular weight is 328 g/mol. The molecule has 2 heterocycles. The maximum atomic E-state index is 9.22. The number of hydrogen-bond donors (Lipinski definition) is 0. The lowest BCUT2D eigenvalue weighted by Crippen LogP contribution is -2.53. The van der Waals surface area contributed by atoms with Crippen LogP contribution in [0.1, 0.15) is 12.5 Å². The van der Waals surface area contributed by atoms with E-state index in [1.54, 1.807) is 0 Å². The normalized spacial score (nSPS) is 16.2. The molecule has 0 bridgehead atoms. The van der Waals surface area contributed by atoms with Crippen LogP contribution in [-0.4, -0.2) is 27.8 Å². The van der Waals surface area contributed by atoms with Crippen molar-refractivity contribution >= 4 is 0 Å². The van der Waals surface area contributed by atoms with Gasteiger partial charge in [0.25, 0.3) is 0 Å². The van der Waals surface area contributed by atoms with Crippen molar-refractivity contribution in [2.75, 3.05) is 13.1 Å². The van der Waals surface area contributed by atoms with Crippen LogP contribution in [0.15, 0.2) is 66.9 Å². The molecule has 0 aliphatic carbocycles. The average Bonchev–Trinajstić information content (AvgIpc) is 3.06. The number of likely N-dealkylation sites (tertiary alicyclic amines) is 1. The van der Waals surface area contributed by atoms with E-state index in [1.807, 2.05) is 48.0 Å². The topological polar surface area (TPSA) is 44.9 Å². The van der Waals surface area contributed by atoms with Crippen LogP contribution < -0.4 is 0 Å². The molecule has 25 heavy (non-hydrogen) atoms. The summed E-state index contributed by atoms with van der Waals surface area (Å²) in [5, 5.41) is 14.1. The fraction of sp³-hybridized carbons (Fsp3) is 0.238. The standard InChI is InChI=1S/C21H20N4/c1-21(14-22)15-24(16-21)12-18-13-25(19-10-6-3-7-11-19)23-20(18)17-8-4-2-5-9-17/h2-11,13H,12,15-16H2,1H3. The van der Waals surface area contributed by atoms with Gasteiger partial charge in [0.05, 0.1) is 22.9 Å². The van der Waals surface area contributed by atoms with Crippen LogP contribution in [0.3, 0.4) is 0 Å². The van der Waals surface area contributed by atoms with Crippen molar-refractivity contribution in [3.8, 4) is 23.0 Å². The van der Waals surface area contributed by atoms with Crippen LogP contribution in [0.25, 0.3) is 16.9 Å². The summed E-state index contributed by atoms with van der Waals surface area (Å²) in [6.07, 6.45) is 2.11. The van der Waals surface area contributed by atoms with Crippen molar-refractivity contribution in [1.29, 1.82) is 5.26 Å². The Hall–Kier alpha value is -2.90. The van der Waals surface area contributed by atoms with Gasteiger partial charge in [-0.05, 0) is 19.1 Å². The molecule has 0 atom stereocenters. The van der Waals surface area contributed by atoms with Gasteiger partial charge in [-0.15, -0.1) is 0 Å². The van der Waals surface area contributed by atoms with Crippen molar-refractivity contribution in [2.24, 2.45) is 5.41 Å². The summed E-state index contributed by atoms with van der Waals surface area (Å²) in [4.78, 5) is 2.31. The zero-order chi connectivity index (χ0) is 17.3. The SMILES string of the molecule is CC1(C#N)CN(Cc2cn(-c3ccccc3)nc2-c2ccccc2)C1. The number of hydrogen-bond acceptors (Lipinski definition) is 3. The molecule has 1 aliphatic heterocycles. The molecule has 0 N–H and O–H groups in total. The summed E-state index contributed by atoms with van der Waals surface area (Å²) in [5.41, 5.74) is 4.17. The first-order valence-corrected chi connectivity index (χ1v) is 8.50. The molecule has 0 unspecified atom stereocenters. The van der Waals surface area contributed by atoms with Crippen molar-refractivity contribution in [1.82, 2.24) is 14.7 Å². The third-order valence-electron chi connectivity index (χ3n) is 4.67. The Labute approximate surface area is 147 Å². The van der Waals surface area contributed by atoms with Gasteiger partial charge in [0.15, 0.2) is 0 Å². The van der Waals surface area contributed by atoms with Gasteiger partial charge in [0.1, 0.15) is 0 Å². The first-order chi connectivity index (χ1) is 12.2. The van der Waals surface area contributed by atoms with Gasteiger partial charge in [0, 0.05) is 37.0 Å². The van der Waals surface area contributed by atoms with Crippen molar-refractivity contribution < 1.29 is 0 Å². The molecule has 1 aromatic heterocycles. The summed E-state index contributed by atoms with van der Waals surface area (Å²) in [5.74, 6) is 0. The summed E-state index contributed by atoms with van der Waals surface area (Å²) < 4.78 is 1.95. The Morgan fingerprint density at radius 2 is 1.68 bits per heavy atom. The molecule has 0 radical (unpaired) electrons. The van der Waals surface area contributed by atoms with Crippen molar-refractivity contribution in [3.63, 3.8) is 0 Å². The molecule has 1 fully saturated rings. The summed E-state index contributed by atoms with van der Waals surface area (Å²) in [7, 11) is 0. The Bertz CT molecular complexity index is 900. The number of rotatable bonds is 4.